The summed E-state index contributed by atoms with van der Waals surface area (Å²) in [5, 5.41) is 0. The highest BCUT2D eigenvalue weighted by molar-refractivity contribution is 5.69. The van der Waals surface area contributed by atoms with E-state index in [2.05, 4.69) is 9.80 Å². The van der Waals surface area contributed by atoms with Crippen molar-refractivity contribution in [2.75, 3.05) is 51.2 Å². The highest BCUT2D eigenvalue weighted by atomic mass is 19.1. The first-order chi connectivity index (χ1) is 11.0. The van der Waals surface area contributed by atoms with Crippen LogP contribution >= 0.6 is 0 Å². The van der Waals surface area contributed by atoms with Gasteiger partial charge >= 0.3 is 6.09 Å². The van der Waals surface area contributed by atoms with E-state index in [1.807, 2.05) is 12.1 Å². The van der Waals surface area contributed by atoms with E-state index in [0.717, 1.165) is 44.8 Å². The Morgan fingerprint density at radius 1 is 1.26 bits per heavy atom. The lowest BCUT2D eigenvalue weighted by Gasteiger charge is -2.36. The molecule has 1 atom stereocenters. The van der Waals surface area contributed by atoms with Gasteiger partial charge in [-0.05, 0) is 37.1 Å². The molecule has 5 nitrogen and oxygen atoms in total. The number of ether oxygens (including phenoxy) is 1. The van der Waals surface area contributed by atoms with Crippen LogP contribution in [0, 0.1) is 12.7 Å². The molecule has 2 aliphatic rings. The first-order valence-corrected chi connectivity index (χ1v) is 8.18. The number of aryl methyl sites for hydroxylation is 1. The summed E-state index contributed by atoms with van der Waals surface area (Å²) in [5.41, 5.74) is 1.78. The Morgan fingerprint density at radius 2 is 2.00 bits per heavy atom. The van der Waals surface area contributed by atoms with Crippen molar-refractivity contribution in [3.8, 4) is 0 Å². The van der Waals surface area contributed by atoms with Crippen LogP contribution in [0.3, 0.4) is 0 Å². The van der Waals surface area contributed by atoms with Gasteiger partial charge in [-0.25, -0.2) is 9.18 Å². The van der Waals surface area contributed by atoms with E-state index >= 15 is 0 Å². The fraction of sp³-hybridized carbons (Fsp3) is 0.588. The van der Waals surface area contributed by atoms with Gasteiger partial charge in [-0.3, -0.25) is 4.90 Å². The lowest BCUT2D eigenvalue weighted by molar-refractivity contribution is 0.121. The summed E-state index contributed by atoms with van der Waals surface area (Å²) in [6.45, 7) is 7.27. The minimum Gasteiger partial charge on any atom is -0.444 e. The normalized spacial score (nSPS) is 22.6. The van der Waals surface area contributed by atoms with Crippen LogP contribution in [0.4, 0.5) is 14.9 Å². The van der Waals surface area contributed by atoms with Crippen LogP contribution in [-0.4, -0.2) is 68.3 Å². The molecule has 2 heterocycles. The third-order valence-electron chi connectivity index (χ3n) is 4.70. The molecule has 3 rings (SSSR count). The maximum atomic E-state index is 13.4. The third kappa shape index (κ3) is 3.75. The van der Waals surface area contributed by atoms with Gasteiger partial charge < -0.3 is 14.5 Å². The molecule has 23 heavy (non-hydrogen) atoms. The molecule has 2 saturated heterocycles. The summed E-state index contributed by atoms with van der Waals surface area (Å²) in [6.07, 6.45) is 0.683. The van der Waals surface area contributed by atoms with Crippen LogP contribution in [0.5, 0.6) is 0 Å². The number of cyclic esters (lactones) is 1. The summed E-state index contributed by atoms with van der Waals surface area (Å²) in [6, 6.07) is 5.31. The lowest BCUT2D eigenvalue weighted by Crippen LogP contribution is -2.47. The fourth-order valence-corrected chi connectivity index (χ4v) is 3.18. The zero-order valence-electron chi connectivity index (χ0n) is 13.8. The largest absolute Gasteiger partial charge is 0.444 e. The topological polar surface area (TPSA) is 36.0 Å². The SMILES string of the molecule is Cc1cc(N2CCN(CCC3CN(C)C(=O)O3)CC2)ccc1F. The Hall–Kier alpha value is -1.82. The molecule has 1 aromatic rings. The highest BCUT2D eigenvalue weighted by Gasteiger charge is 2.28. The Labute approximate surface area is 136 Å². The number of carbonyl (C=O) groups is 1. The molecule has 0 bridgehead atoms. The van der Waals surface area contributed by atoms with Gasteiger partial charge in [0.05, 0.1) is 6.54 Å². The number of amides is 1. The van der Waals surface area contributed by atoms with Gasteiger partial charge in [0.15, 0.2) is 0 Å². The molecule has 1 unspecified atom stereocenters. The quantitative estimate of drug-likeness (QED) is 0.851. The molecular formula is C17H24FN3O2. The van der Waals surface area contributed by atoms with E-state index in [-0.39, 0.29) is 18.0 Å². The van der Waals surface area contributed by atoms with E-state index in [1.54, 1.807) is 24.9 Å². The van der Waals surface area contributed by atoms with Crippen molar-refractivity contribution in [3.05, 3.63) is 29.6 Å². The fourth-order valence-electron chi connectivity index (χ4n) is 3.18. The summed E-state index contributed by atoms with van der Waals surface area (Å²) in [5.74, 6) is -0.150. The molecule has 2 fully saturated rings. The Morgan fingerprint density at radius 3 is 2.61 bits per heavy atom. The Balaban J connectivity index is 1.45. The number of hydrogen-bond donors (Lipinski definition) is 0. The van der Waals surface area contributed by atoms with Crippen LogP contribution in [-0.2, 0) is 4.74 Å². The second kappa shape index (κ2) is 6.74. The smallest absolute Gasteiger partial charge is 0.409 e. The minimum absolute atomic E-state index is 0.0188. The Kier molecular flexibility index (Phi) is 4.71. The summed E-state index contributed by atoms with van der Waals surface area (Å²) < 4.78 is 18.7. The maximum Gasteiger partial charge on any atom is 0.409 e. The van der Waals surface area contributed by atoms with Crippen molar-refractivity contribution in [2.24, 2.45) is 0 Å². The second-order valence-corrected chi connectivity index (χ2v) is 6.44. The molecular weight excluding hydrogens is 297 g/mol. The van der Waals surface area contributed by atoms with Gasteiger partial charge in [0.1, 0.15) is 11.9 Å². The third-order valence-corrected chi connectivity index (χ3v) is 4.70. The van der Waals surface area contributed by atoms with Crippen LogP contribution in [0.25, 0.3) is 0 Å². The van der Waals surface area contributed by atoms with E-state index in [4.69, 9.17) is 4.74 Å². The Bertz CT molecular complexity index is 573. The number of anilines is 1. The number of piperazine rings is 1. The van der Waals surface area contributed by atoms with Gasteiger partial charge in [0.2, 0.25) is 0 Å². The van der Waals surface area contributed by atoms with E-state index in [1.165, 1.54) is 0 Å². The minimum atomic E-state index is -0.216. The van der Waals surface area contributed by atoms with Crippen molar-refractivity contribution < 1.29 is 13.9 Å². The number of hydrogen-bond acceptors (Lipinski definition) is 4. The van der Waals surface area contributed by atoms with Gasteiger partial charge in [0, 0.05) is 45.5 Å². The molecule has 126 valence electrons. The molecule has 0 saturated carbocycles. The number of nitrogens with zero attached hydrogens (tertiary/aromatic N) is 3. The monoisotopic (exact) mass is 321 g/mol. The van der Waals surface area contributed by atoms with Crippen LogP contribution in [0.1, 0.15) is 12.0 Å². The molecule has 2 aliphatic heterocycles. The van der Waals surface area contributed by atoms with Crippen molar-refractivity contribution >= 4 is 11.8 Å². The summed E-state index contributed by atoms with van der Waals surface area (Å²) >= 11 is 0. The number of benzene rings is 1. The molecule has 1 amide bonds. The molecule has 0 aliphatic carbocycles. The number of halogens is 1. The van der Waals surface area contributed by atoms with E-state index < -0.39 is 0 Å². The van der Waals surface area contributed by atoms with Gasteiger partial charge in [-0.15, -0.1) is 0 Å². The van der Waals surface area contributed by atoms with Gasteiger partial charge in [0.25, 0.3) is 0 Å². The zero-order valence-corrected chi connectivity index (χ0v) is 13.8. The number of likely N-dealkylation sites (N-methyl/N-ethyl adjacent to an activating group) is 1. The molecule has 0 radical (unpaired) electrons. The predicted molar refractivity (Wildman–Crippen MR) is 87.3 cm³/mol. The van der Waals surface area contributed by atoms with Crippen molar-refractivity contribution in [3.63, 3.8) is 0 Å². The molecule has 6 heteroatoms. The first kappa shape index (κ1) is 16.1. The summed E-state index contributed by atoms with van der Waals surface area (Å²) in [7, 11) is 1.77. The maximum absolute atomic E-state index is 13.4. The van der Waals surface area contributed by atoms with Crippen molar-refractivity contribution in [1.82, 2.24) is 9.80 Å². The number of rotatable bonds is 4. The van der Waals surface area contributed by atoms with Gasteiger partial charge in [-0.2, -0.15) is 0 Å². The average molecular weight is 321 g/mol. The molecule has 0 spiro atoms. The van der Waals surface area contributed by atoms with E-state index in [9.17, 15) is 9.18 Å². The molecule has 1 aromatic carbocycles. The first-order valence-electron chi connectivity index (χ1n) is 8.18. The van der Waals surface area contributed by atoms with E-state index in [0.29, 0.717) is 12.1 Å². The van der Waals surface area contributed by atoms with Crippen LogP contribution in [0.15, 0.2) is 18.2 Å². The molecule has 0 aromatic heterocycles. The highest BCUT2D eigenvalue weighted by Crippen LogP contribution is 2.20. The standard InChI is InChI=1S/C17H24FN3O2/c1-13-11-14(3-4-16(13)18)21-9-7-20(8-10-21)6-5-15-12-19(2)17(22)23-15/h3-4,11,15H,5-10,12H2,1-2H3. The predicted octanol–water partition coefficient (Wildman–Crippen LogP) is 2.10. The molecule has 0 N–H and O–H groups in total. The van der Waals surface area contributed by atoms with Crippen molar-refractivity contribution in [1.29, 1.82) is 0 Å². The number of carbonyl (C=O) groups excluding carboxylic acids is 1. The van der Waals surface area contributed by atoms with Gasteiger partial charge in [-0.1, -0.05) is 0 Å². The van der Waals surface area contributed by atoms with Crippen LogP contribution < -0.4 is 4.90 Å². The lowest BCUT2D eigenvalue weighted by atomic mass is 10.1. The van der Waals surface area contributed by atoms with Crippen LogP contribution in [0.2, 0.25) is 0 Å². The van der Waals surface area contributed by atoms with Crippen molar-refractivity contribution in [2.45, 2.75) is 19.4 Å². The zero-order chi connectivity index (χ0) is 16.4. The average Bonchev–Trinajstić information content (AvgIpc) is 2.87. The second-order valence-electron chi connectivity index (χ2n) is 6.44. The summed E-state index contributed by atoms with van der Waals surface area (Å²) in [4.78, 5) is 17.7.